The highest BCUT2D eigenvalue weighted by atomic mass is 35.5. The predicted octanol–water partition coefficient (Wildman–Crippen LogP) is 6.08. The predicted molar refractivity (Wildman–Crippen MR) is 126 cm³/mol. The number of carbonyl (C=O) groups is 1. The van der Waals surface area contributed by atoms with E-state index in [1.807, 2.05) is 49.5 Å². The van der Waals surface area contributed by atoms with Crippen molar-refractivity contribution in [3.05, 3.63) is 69.8 Å². The van der Waals surface area contributed by atoms with Crippen molar-refractivity contribution in [1.82, 2.24) is 0 Å². The lowest BCUT2D eigenvalue weighted by Crippen LogP contribution is -2.42. The molecule has 1 amide bonds. The fourth-order valence-corrected chi connectivity index (χ4v) is 3.84. The Morgan fingerprint density at radius 2 is 1.93 bits per heavy atom. The topological polar surface area (TPSA) is 56.1 Å². The van der Waals surface area contributed by atoms with E-state index < -0.39 is 5.91 Å². The van der Waals surface area contributed by atoms with Crippen molar-refractivity contribution in [1.29, 1.82) is 5.26 Å². The molecule has 0 bridgehead atoms. The van der Waals surface area contributed by atoms with Crippen molar-refractivity contribution in [2.45, 2.75) is 39.7 Å². The number of likely N-dealkylation sites (N-methyl/N-ethyl adjacent to an activating group) is 1. The Morgan fingerprint density at radius 1 is 1.27 bits per heavy atom. The van der Waals surface area contributed by atoms with Gasteiger partial charge in [0.2, 0.25) is 0 Å². The van der Waals surface area contributed by atoms with Crippen molar-refractivity contribution in [3.8, 4) is 6.07 Å². The molecule has 0 radical (unpaired) electrons. The van der Waals surface area contributed by atoms with Crippen molar-refractivity contribution in [2.75, 3.05) is 17.3 Å². The van der Waals surface area contributed by atoms with Gasteiger partial charge in [0.15, 0.2) is 0 Å². The Kier molecular flexibility index (Phi) is 6.05. The molecule has 2 aromatic carbocycles. The van der Waals surface area contributed by atoms with Crippen LogP contribution in [0.1, 0.15) is 44.4 Å². The van der Waals surface area contributed by atoms with Gasteiger partial charge in [-0.2, -0.15) is 5.26 Å². The summed E-state index contributed by atoms with van der Waals surface area (Å²) in [6.07, 6.45) is 4.68. The number of anilines is 2. The van der Waals surface area contributed by atoms with Crippen LogP contribution in [0.15, 0.2) is 48.0 Å². The standard InChI is InChI=1S/C25H26ClN3O/c1-6-17-7-9-20(10-8-17)28-24(30)19(15-27)11-18-12-21-16(2)14-25(3,4)29(5)23(21)13-22(18)26/h7-14H,6H2,1-5H3,(H,28,30)/b19-11-. The minimum absolute atomic E-state index is 0.00236. The van der Waals surface area contributed by atoms with Gasteiger partial charge in [-0.05, 0) is 74.2 Å². The maximum Gasteiger partial charge on any atom is 0.266 e. The van der Waals surface area contributed by atoms with E-state index in [4.69, 9.17) is 11.6 Å². The van der Waals surface area contributed by atoms with Crippen molar-refractivity contribution in [2.24, 2.45) is 0 Å². The lowest BCUT2D eigenvalue weighted by molar-refractivity contribution is -0.112. The molecule has 4 nitrogen and oxygen atoms in total. The van der Waals surface area contributed by atoms with E-state index in [2.05, 4.69) is 44.0 Å². The zero-order valence-corrected chi connectivity index (χ0v) is 18.8. The van der Waals surface area contributed by atoms with Gasteiger partial charge in [0.1, 0.15) is 11.6 Å². The van der Waals surface area contributed by atoms with Gasteiger partial charge >= 0.3 is 0 Å². The lowest BCUT2D eigenvalue weighted by atomic mass is 9.88. The molecule has 1 aliphatic heterocycles. The second-order valence-electron chi connectivity index (χ2n) is 8.11. The summed E-state index contributed by atoms with van der Waals surface area (Å²) in [5, 5.41) is 12.8. The van der Waals surface area contributed by atoms with Crippen molar-refractivity contribution >= 4 is 40.5 Å². The molecule has 1 heterocycles. The molecule has 0 unspecified atom stereocenters. The maximum absolute atomic E-state index is 12.6. The van der Waals surface area contributed by atoms with Crippen LogP contribution in [0, 0.1) is 11.3 Å². The molecule has 0 atom stereocenters. The van der Waals surface area contributed by atoms with E-state index in [1.54, 1.807) is 6.08 Å². The summed E-state index contributed by atoms with van der Waals surface area (Å²) in [4.78, 5) is 14.8. The van der Waals surface area contributed by atoms with E-state index in [-0.39, 0.29) is 11.1 Å². The molecule has 0 saturated heterocycles. The van der Waals surface area contributed by atoms with Gasteiger partial charge in [-0.1, -0.05) is 36.7 Å². The van der Waals surface area contributed by atoms with Crippen LogP contribution in [0.5, 0.6) is 0 Å². The molecule has 154 valence electrons. The normalized spacial score (nSPS) is 15.2. The number of amides is 1. The quantitative estimate of drug-likeness (QED) is 0.482. The molecule has 0 spiro atoms. The fourth-order valence-electron chi connectivity index (χ4n) is 3.62. The van der Waals surface area contributed by atoms with Crippen molar-refractivity contribution in [3.63, 3.8) is 0 Å². The Morgan fingerprint density at radius 3 is 2.53 bits per heavy atom. The molecule has 1 N–H and O–H groups in total. The third kappa shape index (κ3) is 4.27. The van der Waals surface area contributed by atoms with Gasteiger partial charge in [-0.25, -0.2) is 0 Å². The molecule has 1 aliphatic rings. The first-order valence-corrected chi connectivity index (χ1v) is 10.3. The molecular weight excluding hydrogens is 394 g/mol. The highest BCUT2D eigenvalue weighted by Crippen LogP contribution is 2.40. The number of nitriles is 1. The Balaban J connectivity index is 1.93. The number of rotatable bonds is 4. The number of nitrogens with one attached hydrogen (secondary N) is 1. The Bertz CT molecular complexity index is 1090. The Labute approximate surface area is 183 Å². The molecule has 5 heteroatoms. The maximum atomic E-state index is 12.6. The number of fused-ring (bicyclic) bond motifs is 1. The lowest BCUT2D eigenvalue weighted by Gasteiger charge is -2.40. The highest BCUT2D eigenvalue weighted by molar-refractivity contribution is 6.32. The van der Waals surface area contributed by atoms with Crippen LogP contribution in [0.4, 0.5) is 11.4 Å². The first-order valence-electron chi connectivity index (χ1n) is 9.95. The van der Waals surface area contributed by atoms with Gasteiger partial charge in [-0.3, -0.25) is 4.79 Å². The number of hydrogen-bond acceptors (Lipinski definition) is 3. The van der Waals surface area contributed by atoms with Crippen molar-refractivity contribution < 1.29 is 4.79 Å². The number of carbonyl (C=O) groups excluding carboxylic acids is 1. The first-order chi connectivity index (χ1) is 14.2. The molecule has 2 aromatic rings. The molecule has 0 fully saturated rings. The summed E-state index contributed by atoms with van der Waals surface area (Å²) < 4.78 is 0. The van der Waals surface area contributed by atoms with Gasteiger partial charge in [-0.15, -0.1) is 0 Å². The third-order valence-corrected chi connectivity index (χ3v) is 5.95. The summed E-state index contributed by atoms with van der Waals surface area (Å²) in [7, 11) is 2.03. The molecule has 30 heavy (non-hydrogen) atoms. The van der Waals surface area contributed by atoms with E-state index in [0.29, 0.717) is 16.3 Å². The number of hydrogen-bond donors (Lipinski definition) is 1. The molecule has 0 saturated carbocycles. The monoisotopic (exact) mass is 419 g/mol. The average molecular weight is 420 g/mol. The van der Waals surface area contributed by atoms with Crippen LogP contribution in [0.25, 0.3) is 11.6 Å². The number of halogens is 1. The SMILES string of the molecule is CCc1ccc(NC(=O)/C(C#N)=C\c2cc3c(cc2Cl)N(C)C(C)(C)C=C3C)cc1. The zero-order chi connectivity index (χ0) is 22.1. The largest absolute Gasteiger partial charge is 0.365 e. The van der Waals surface area contributed by atoms with Crippen LogP contribution < -0.4 is 10.2 Å². The van der Waals surface area contributed by atoms with E-state index >= 15 is 0 Å². The Hall–Kier alpha value is -3.03. The minimum atomic E-state index is -0.457. The average Bonchev–Trinajstić information content (AvgIpc) is 2.71. The smallest absolute Gasteiger partial charge is 0.266 e. The van der Waals surface area contributed by atoms with Crippen LogP contribution in [0.2, 0.25) is 5.02 Å². The molecule has 0 aromatic heterocycles. The number of nitrogens with zero attached hydrogens (tertiary/aromatic N) is 2. The summed E-state index contributed by atoms with van der Waals surface area (Å²) in [5.74, 6) is -0.457. The van der Waals surface area contributed by atoms with Gasteiger partial charge in [0, 0.05) is 29.0 Å². The highest BCUT2D eigenvalue weighted by Gasteiger charge is 2.29. The number of allylic oxidation sites excluding steroid dienone is 1. The van der Waals surface area contributed by atoms with Gasteiger partial charge < -0.3 is 10.2 Å². The van der Waals surface area contributed by atoms with Crippen LogP contribution in [-0.4, -0.2) is 18.5 Å². The zero-order valence-electron chi connectivity index (χ0n) is 18.0. The summed E-state index contributed by atoms with van der Waals surface area (Å²) >= 11 is 6.53. The van der Waals surface area contributed by atoms with Crippen LogP contribution >= 0.6 is 11.6 Å². The molecule has 0 aliphatic carbocycles. The van der Waals surface area contributed by atoms with Gasteiger partial charge in [0.25, 0.3) is 5.91 Å². The number of benzene rings is 2. The summed E-state index contributed by atoms with van der Waals surface area (Å²) in [6.45, 7) is 8.42. The summed E-state index contributed by atoms with van der Waals surface area (Å²) in [5.41, 5.74) is 5.56. The number of aryl methyl sites for hydroxylation is 1. The van der Waals surface area contributed by atoms with E-state index in [9.17, 15) is 10.1 Å². The summed E-state index contributed by atoms with van der Waals surface area (Å²) in [6, 6.07) is 13.4. The second kappa shape index (κ2) is 8.38. The van der Waals surface area contributed by atoms with Crippen LogP contribution in [-0.2, 0) is 11.2 Å². The third-order valence-electron chi connectivity index (χ3n) is 5.62. The molecular formula is C25H26ClN3O. The van der Waals surface area contributed by atoms with E-state index in [1.165, 1.54) is 5.56 Å². The fraction of sp³-hybridized carbons (Fsp3) is 0.280. The first kappa shape index (κ1) is 21.7. The van der Waals surface area contributed by atoms with Crippen LogP contribution in [0.3, 0.4) is 0 Å². The minimum Gasteiger partial charge on any atom is -0.365 e. The molecule has 3 rings (SSSR count). The van der Waals surface area contributed by atoms with Gasteiger partial charge in [0.05, 0.1) is 5.54 Å². The van der Waals surface area contributed by atoms with E-state index in [0.717, 1.165) is 23.2 Å². The second-order valence-corrected chi connectivity index (χ2v) is 8.51.